The molecule has 2 aliphatic heterocycles. The predicted molar refractivity (Wildman–Crippen MR) is 158 cm³/mol. The maximum Gasteiger partial charge on any atom is 0.410 e. The van der Waals surface area contributed by atoms with Crippen molar-refractivity contribution in [3.05, 3.63) is 107 Å². The molecule has 0 aliphatic carbocycles. The number of benzene rings is 3. The van der Waals surface area contributed by atoms with Crippen LogP contribution in [-0.4, -0.2) is 72.0 Å². The van der Waals surface area contributed by atoms with Gasteiger partial charge in [-0.15, -0.1) is 0 Å². The van der Waals surface area contributed by atoms with Crippen LogP contribution in [0, 0.1) is 5.92 Å². The van der Waals surface area contributed by atoms with Crippen LogP contribution in [0.2, 0.25) is 5.02 Å². The maximum absolute atomic E-state index is 13.4. The number of halogens is 1. The molecule has 0 radical (unpaired) electrons. The second kappa shape index (κ2) is 13.3. The van der Waals surface area contributed by atoms with E-state index in [1.165, 1.54) is 5.56 Å². The van der Waals surface area contributed by atoms with Gasteiger partial charge in [0.05, 0.1) is 10.6 Å². The summed E-state index contributed by atoms with van der Waals surface area (Å²) in [6.07, 6.45) is 1.59. The monoisotopic (exact) mass is 559 g/mol. The normalized spacial score (nSPS) is 19.9. The minimum absolute atomic E-state index is 0.000317. The number of hydrogen-bond acceptors (Lipinski definition) is 4. The van der Waals surface area contributed by atoms with E-state index >= 15 is 0 Å². The van der Waals surface area contributed by atoms with Crippen LogP contribution in [0.25, 0.3) is 0 Å². The summed E-state index contributed by atoms with van der Waals surface area (Å²) >= 11 is 6.37. The third kappa shape index (κ3) is 6.68. The first-order valence-electron chi connectivity index (χ1n) is 14.3. The van der Waals surface area contributed by atoms with E-state index in [0.717, 1.165) is 38.0 Å². The summed E-state index contributed by atoms with van der Waals surface area (Å²) in [7, 11) is 0. The fourth-order valence-corrected chi connectivity index (χ4v) is 6.41. The van der Waals surface area contributed by atoms with Gasteiger partial charge in [-0.1, -0.05) is 84.4 Å². The summed E-state index contributed by atoms with van der Waals surface area (Å²) in [6, 6.07) is 27.8. The Morgan fingerprint density at radius 3 is 2.23 bits per heavy atom. The fraction of sp³-hybridized carbons (Fsp3) is 0.394. The minimum Gasteiger partial charge on any atom is -0.445 e. The SMILES string of the molecule is CCN(C(=O)OCc1ccccc1)C1CCN(CC2CN(C(=O)c3ccccc3Cl)C[C@@H]2c2ccccc2)CC1. The van der Waals surface area contributed by atoms with Crippen molar-refractivity contribution in [3.8, 4) is 0 Å². The Hall–Kier alpha value is -3.35. The summed E-state index contributed by atoms with van der Waals surface area (Å²) in [4.78, 5) is 32.7. The van der Waals surface area contributed by atoms with E-state index in [9.17, 15) is 9.59 Å². The van der Waals surface area contributed by atoms with Crippen LogP contribution in [0.5, 0.6) is 0 Å². The highest BCUT2D eigenvalue weighted by atomic mass is 35.5. The molecule has 0 bridgehead atoms. The molecule has 2 heterocycles. The number of carbonyl (C=O) groups excluding carboxylic acids is 2. The van der Waals surface area contributed by atoms with Gasteiger partial charge in [-0.3, -0.25) is 4.79 Å². The van der Waals surface area contributed by atoms with Crippen molar-refractivity contribution < 1.29 is 14.3 Å². The molecule has 3 aromatic carbocycles. The van der Waals surface area contributed by atoms with Gasteiger partial charge < -0.3 is 19.4 Å². The lowest BCUT2D eigenvalue weighted by Gasteiger charge is -2.38. The molecule has 6 nitrogen and oxygen atoms in total. The molecular weight excluding hydrogens is 522 g/mol. The lowest BCUT2D eigenvalue weighted by Crippen LogP contribution is -2.48. The predicted octanol–water partition coefficient (Wildman–Crippen LogP) is 6.32. The molecule has 7 heteroatoms. The van der Waals surface area contributed by atoms with Crippen molar-refractivity contribution in [2.75, 3.05) is 39.3 Å². The van der Waals surface area contributed by atoms with Gasteiger partial charge in [0.15, 0.2) is 0 Å². The van der Waals surface area contributed by atoms with Gasteiger partial charge in [0.2, 0.25) is 0 Å². The van der Waals surface area contributed by atoms with Gasteiger partial charge in [0.1, 0.15) is 6.61 Å². The molecule has 0 N–H and O–H groups in total. The van der Waals surface area contributed by atoms with Gasteiger partial charge in [0.25, 0.3) is 5.91 Å². The third-order valence-electron chi connectivity index (χ3n) is 8.33. The summed E-state index contributed by atoms with van der Waals surface area (Å²) in [5, 5.41) is 0.497. The van der Waals surface area contributed by atoms with E-state index in [1.54, 1.807) is 6.07 Å². The molecular formula is C33H38ClN3O3. The van der Waals surface area contributed by atoms with Gasteiger partial charge in [-0.25, -0.2) is 4.79 Å². The third-order valence-corrected chi connectivity index (χ3v) is 8.66. The maximum atomic E-state index is 13.4. The number of rotatable bonds is 8. The number of ether oxygens (including phenoxy) is 1. The molecule has 2 saturated heterocycles. The van der Waals surface area contributed by atoms with Crippen LogP contribution in [0.15, 0.2) is 84.9 Å². The number of nitrogens with zero attached hydrogens (tertiary/aromatic N) is 3. The Morgan fingerprint density at radius 1 is 0.900 bits per heavy atom. The Labute approximate surface area is 242 Å². The second-order valence-electron chi connectivity index (χ2n) is 10.8. The van der Waals surface area contributed by atoms with Crippen molar-refractivity contribution in [1.82, 2.24) is 14.7 Å². The first-order chi connectivity index (χ1) is 19.5. The Balaban J connectivity index is 1.20. The quantitative estimate of drug-likeness (QED) is 0.324. The molecule has 2 aliphatic rings. The van der Waals surface area contributed by atoms with Crippen LogP contribution in [0.4, 0.5) is 4.79 Å². The van der Waals surface area contributed by atoms with Crippen molar-refractivity contribution >= 4 is 23.6 Å². The van der Waals surface area contributed by atoms with Crippen LogP contribution < -0.4 is 0 Å². The zero-order chi connectivity index (χ0) is 27.9. The van der Waals surface area contributed by atoms with E-state index in [1.807, 2.05) is 71.3 Å². The van der Waals surface area contributed by atoms with E-state index < -0.39 is 0 Å². The zero-order valence-corrected chi connectivity index (χ0v) is 23.9. The average Bonchev–Trinajstić information content (AvgIpc) is 3.42. The highest BCUT2D eigenvalue weighted by Crippen LogP contribution is 2.35. The topological polar surface area (TPSA) is 53.1 Å². The highest BCUT2D eigenvalue weighted by Gasteiger charge is 2.38. The molecule has 3 aromatic rings. The van der Waals surface area contributed by atoms with Gasteiger partial charge in [-0.2, -0.15) is 0 Å². The van der Waals surface area contributed by atoms with Gasteiger partial charge in [0, 0.05) is 51.2 Å². The fourth-order valence-electron chi connectivity index (χ4n) is 6.19. The molecule has 5 rings (SSSR count). The Morgan fingerprint density at radius 2 is 1.55 bits per heavy atom. The minimum atomic E-state index is -0.238. The summed E-state index contributed by atoms with van der Waals surface area (Å²) in [6.45, 7) is 7.10. The molecule has 0 saturated carbocycles. The number of likely N-dealkylation sites (tertiary alicyclic amines) is 2. The van der Waals surface area contributed by atoms with Crippen molar-refractivity contribution in [2.45, 2.75) is 38.3 Å². The van der Waals surface area contributed by atoms with Gasteiger partial charge in [-0.05, 0) is 48.9 Å². The summed E-state index contributed by atoms with van der Waals surface area (Å²) < 4.78 is 5.64. The van der Waals surface area contributed by atoms with E-state index in [2.05, 4.69) is 29.2 Å². The molecule has 2 atom stereocenters. The summed E-state index contributed by atoms with van der Waals surface area (Å²) in [5.41, 5.74) is 2.83. The van der Waals surface area contributed by atoms with Crippen LogP contribution >= 0.6 is 11.6 Å². The van der Waals surface area contributed by atoms with Crippen LogP contribution in [0.3, 0.4) is 0 Å². The second-order valence-corrected chi connectivity index (χ2v) is 11.2. The zero-order valence-electron chi connectivity index (χ0n) is 23.1. The molecule has 210 valence electrons. The highest BCUT2D eigenvalue weighted by molar-refractivity contribution is 6.33. The molecule has 0 spiro atoms. The van der Waals surface area contributed by atoms with Crippen molar-refractivity contribution in [3.63, 3.8) is 0 Å². The number of amides is 2. The van der Waals surface area contributed by atoms with E-state index in [4.69, 9.17) is 16.3 Å². The molecule has 40 heavy (non-hydrogen) atoms. The van der Waals surface area contributed by atoms with Crippen LogP contribution in [-0.2, 0) is 11.3 Å². The number of piperidine rings is 1. The summed E-state index contributed by atoms with van der Waals surface area (Å²) in [5.74, 6) is 0.592. The lowest BCUT2D eigenvalue weighted by atomic mass is 9.88. The van der Waals surface area contributed by atoms with E-state index in [-0.39, 0.29) is 24.0 Å². The van der Waals surface area contributed by atoms with Crippen molar-refractivity contribution in [1.29, 1.82) is 0 Å². The van der Waals surface area contributed by atoms with Crippen molar-refractivity contribution in [2.24, 2.45) is 5.92 Å². The standard InChI is InChI=1S/C33H38ClN3O3/c1-2-37(33(39)40-24-25-11-5-3-6-12-25)28-17-19-35(20-18-28)21-27-22-36(23-30(27)26-13-7-4-8-14-26)32(38)29-15-9-10-16-31(29)34/h3-16,27-28,30H,2,17-24H2,1H3/t27?,30-/m1/s1. The average molecular weight is 560 g/mol. The first-order valence-corrected chi connectivity index (χ1v) is 14.7. The molecule has 2 fully saturated rings. The Kier molecular flexibility index (Phi) is 9.40. The lowest BCUT2D eigenvalue weighted by molar-refractivity contribution is 0.0602. The molecule has 0 aromatic heterocycles. The number of carbonyl (C=O) groups is 2. The molecule has 1 unspecified atom stereocenters. The van der Waals surface area contributed by atoms with Gasteiger partial charge >= 0.3 is 6.09 Å². The smallest absolute Gasteiger partial charge is 0.410 e. The number of hydrogen-bond donors (Lipinski definition) is 0. The van der Waals surface area contributed by atoms with Crippen LogP contribution in [0.1, 0.15) is 47.2 Å². The largest absolute Gasteiger partial charge is 0.445 e. The Bertz CT molecular complexity index is 1260. The first kappa shape index (κ1) is 28.2. The molecule has 2 amide bonds. The van der Waals surface area contributed by atoms with E-state index in [0.29, 0.717) is 42.7 Å².